The number of ether oxygens (including phenoxy) is 1. The standard InChI is InChI=1S/C22H34N4O7S/c1-6-12-23-22(30)24-18(27)14-33-21(29)19(15(4)5)25-20(28)16-10-9-11-17(13-16)34(31,32)26(7-2)8-3/h9-11,13,15,19H,6-8,12,14H2,1-5H3,(H,25,28)(H2,23,24,27,30)/t19-/m0/s1. The number of esters is 1. The van der Waals surface area contributed by atoms with Crippen molar-refractivity contribution in [3.8, 4) is 0 Å². The second kappa shape index (κ2) is 13.7. The fraction of sp³-hybridized carbons (Fsp3) is 0.545. The van der Waals surface area contributed by atoms with Crippen LogP contribution < -0.4 is 16.0 Å². The molecule has 0 saturated carbocycles. The third kappa shape index (κ3) is 8.41. The Kier molecular flexibility index (Phi) is 11.7. The van der Waals surface area contributed by atoms with Crippen molar-refractivity contribution in [1.82, 2.24) is 20.3 Å². The molecule has 34 heavy (non-hydrogen) atoms. The zero-order chi connectivity index (χ0) is 25.9. The molecule has 0 spiro atoms. The summed E-state index contributed by atoms with van der Waals surface area (Å²) in [4.78, 5) is 48.5. The number of carbonyl (C=O) groups excluding carboxylic acids is 4. The number of rotatable bonds is 12. The topological polar surface area (TPSA) is 151 Å². The first kappa shape index (κ1) is 29.0. The molecule has 0 aromatic heterocycles. The highest BCUT2D eigenvalue weighted by atomic mass is 32.2. The summed E-state index contributed by atoms with van der Waals surface area (Å²) in [6.07, 6.45) is 0.691. The van der Waals surface area contributed by atoms with E-state index < -0.39 is 52.4 Å². The van der Waals surface area contributed by atoms with Crippen molar-refractivity contribution < 1.29 is 32.3 Å². The Labute approximate surface area is 200 Å². The molecule has 1 aromatic carbocycles. The number of amides is 4. The molecule has 12 heteroatoms. The quantitative estimate of drug-likeness (QED) is 0.367. The minimum absolute atomic E-state index is 0.0365. The molecule has 0 heterocycles. The van der Waals surface area contributed by atoms with Gasteiger partial charge in [-0.15, -0.1) is 0 Å². The van der Waals surface area contributed by atoms with Crippen molar-refractivity contribution in [2.24, 2.45) is 5.92 Å². The SMILES string of the molecule is CCCNC(=O)NC(=O)COC(=O)[C@@H](NC(=O)c1cccc(S(=O)(=O)N(CC)CC)c1)C(C)C. The molecule has 0 aliphatic carbocycles. The van der Waals surface area contributed by atoms with Gasteiger partial charge in [-0.1, -0.05) is 40.7 Å². The molecule has 1 rings (SSSR count). The van der Waals surface area contributed by atoms with Crippen LogP contribution in [0.1, 0.15) is 51.4 Å². The lowest BCUT2D eigenvalue weighted by atomic mass is 10.0. The average molecular weight is 499 g/mol. The number of hydrogen-bond acceptors (Lipinski definition) is 7. The maximum Gasteiger partial charge on any atom is 0.329 e. The van der Waals surface area contributed by atoms with E-state index >= 15 is 0 Å². The third-order valence-electron chi connectivity index (χ3n) is 4.78. The van der Waals surface area contributed by atoms with E-state index in [9.17, 15) is 27.6 Å². The highest BCUT2D eigenvalue weighted by Crippen LogP contribution is 2.17. The van der Waals surface area contributed by atoms with Crippen LogP contribution in [0.3, 0.4) is 0 Å². The van der Waals surface area contributed by atoms with Crippen LogP contribution in [-0.4, -0.2) is 68.8 Å². The van der Waals surface area contributed by atoms with E-state index in [2.05, 4.69) is 10.6 Å². The van der Waals surface area contributed by atoms with Crippen LogP contribution in [0.2, 0.25) is 0 Å². The van der Waals surface area contributed by atoms with Crippen molar-refractivity contribution >= 4 is 33.8 Å². The summed E-state index contributed by atoms with van der Waals surface area (Å²) in [7, 11) is -3.77. The second-order valence-electron chi connectivity index (χ2n) is 7.72. The minimum atomic E-state index is -3.77. The summed E-state index contributed by atoms with van der Waals surface area (Å²) in [6.45, 7) is 8.88. The normalized spacial score (nSPS) is 12.2. The zero-order valence-corrected chi connectivity index (χ0v) is 21.0. The molecule has 3 N–H and O–H groups in total. The van der Waals surface area contributed by atoms with Crippen LogP contribution in [-0.2, 0) is 24.3 Å². The molecule has 0 aliphatic rings. The van der Waals surface area contributed by atoms with Gasteiger partial charge in [0.1, 0.15) is 6.04 Å². The summed E-state index contributed by atoms with van der Waals surface area (Å²) in [5.74, 6) is -2.74. The number of benzene rings is 1. The number of imide groups is 1. The number of urea groups is 1. The largest absolute Gasteiger partial charge is 0.454 e. The summed E-state index contributed by atoms with van der Waals surface area (Å²) in [6, 6.07) is 3.72. The van der Waals surface area contributed by atoms with Gasteiger partial charge in [0.05, 0.1) is 4.90 Å². The van der Waals surface area contributed by atoms with Crippen molar-refractivity contribution in [1.29, 1.82) is 0 Å². The maximum absolute atomic E-state index is 12.8. The van der Waals surface area contributed by atoms with E-state index in [0.717, 1.165) is 0 Å². The number of nitrogens with one attached hydrogen (secondary N) is 3. The molecule has 0 bridgehead atoms. The van der Waals surface area contributed by atoms with Gasteiger partial charge in [-0.3, -0.25) is 14.9 Å². The summed E-state index contributed by atoms with van der Waals surface area (Å²) >= 11 is 0. The maximum atomic E-state index is 12.8. The Hall–Kier alpha value is -2.99. The van der Waals surface area contributed by atoms with Crippen molar-refractivity contribution in [2.75, 3.05) is 26.2 Å². The van der Waals surface area contributed by atoms with Crippen LogP contribution in [0.4, 0.5) is 4.79 Å². The van der Waals surface area contributed by atoms with Crippen molar-refractivity contribution in [3.05, 3.63) is 29.8 Å². The van der Waals surface area contributed by atoms with E-state index in [-0.39, 0.29) is 23.5 Å². The molecule has 190 valence electrons. The van der Waals surface area contributed by atoms with E-state index in [1.54, 1.807) is 27.7 Å². The summed E-state index contributed by atoms with van der Waals surface area (Å²) < 4.78 is 31.7. The molecular formula is C22H34N4O7S. The van der Waals surface area contributed by atoms with Crippen molar-refractivity contribution in [3.63, 3.8) is 0 Å². The van der Waals surface area contributed by atoms with Gasteiger partial charge in [-0.25, -0.2) is 18.0 Å². The van der Waals surface area contributed by atoms with E-state index in [0.29, 0.717) is 13.0 Å². The van der Waals surface area contributed by atoms with Crippen LogP contribution >= 0.6 is 0 Å². The highest BCUT2D eigenvalue weighted by molar-refractivity contribution is 7.89. The highest BCUT2D eigenvalue weighted by Gasteiger charge is 2.28. The Morgan fingerprint density at radius 3 is 2.26 bits per heavy atom. The second-order valence-corrected chi connectivity index (χ2v) is 9.66. The summed E-state index contributed by atoms with van der Waals surface area (Å²) in [5, 5.41) is 7.01. The fourth-order valence-corrected chi connectivity index (χ4v) is 4.41. The first-order valence-corrected chi connectivity index (χ1v) is 12.6. The van der Waals surface area contributed by atoms with Gasteiger partial charge in [0.15, 0.2) is 6.61 Å². The average Bonchev–Trinajstić information content (AvgIpc) is 2.79. The first-order valence-electron chi connectivity index (χ1n) is 11.1. The monoisotopic (exact) mass is 498 g/mol. The Balaban J connectivity index is 2.87. The fourth-order valence-electron chi connectivity index (χ4n) is 2.90. The third-order valence-corrected chi connectivity index (χ3v) is 6.83. The first-order chi connectivity index (χ1) is 16.0. The Morgan fingerprint density at radius 1 is 1.06 bits per heavy atom. The van der Waals surface area contributed by atoms with Gasteiger partial charge in [0.25, 0.3) is 11.8 Å². The molecule has 11 nitrogen and oxygen atoms in total. The number of sulfonamides is 1. The number of hydrogen-bond donors (Lipinski definition) is 3. The van der Waals surface area contributed by atoms with Gasteiger partial charge < -0.3 is 15.4 Å². The number of nitrogens with zero attached hydrogens (tertiary/aromatic N) is 1. The summed E-state index contributed by atoms with van der Waals surface area (Å²) in [5.41, 5.74) is 0.0528. The van der Waals surface area contributed by atoms with Crippen LogP contribution in [0.25, 0.3) is 0 Å². The predicted molar refractivity (Wildman–Crippen MR) is 125 cm³/mol. The van der Waals surface area contributed by atoms with Gasteiger partial charge in [0, 0.05) is 25.2 Å². The molecule has 1 atom stereocenters. The van der Waals surface area contributed by atoms with Crippen molar-refractivity contribution in [2.45, 2.75) is 52.0 Å². The van der Waals surface area contributed by atoms with Crippen LogP contribution in [0.5, 0.6) is 0 Å². The van der Waals surface area contributed by atoms with Gasteiger partial charge in [-0.05, 0) is 30.5 Å². The van der Waals surface area contributed by atoms with Gasteiger partial charge in [-0.2, -0.15) is 4.31 Å². The van der Waals surface area contributed by atoms with Gasteiger partial charge >= 0.3 is 12.0 Å². The lowest BCUT2D eigenvalue weighted by Crippen LogP contribution is -2.47. The molecule has 0 fully saturated rings. The van der Waals surface area contributed by atoms with E-state index in [1.165, 1.54) is 28.6 Å². The number of carbonyl (C=O) groups is 4. The lowest BCUT2D eigenvalue weighted by Gasteiger charge is -2.21. The molecule has 4 amide bonds. The minimum Gasteiger partial charge on any atom is -0.454 e. The van der Waals surface area contributed by atoms with E-state index in [1.807, 2.05) is 12.2 Å². The molecular weight excluding hydrogens is 464 g/mol. The Bertz CT molecular complexity index is 975. The zero-order valence-electron chi connectivity index (χ0n) is 20.2. The molecule has 1 aromatic rings. The Morgan fingerprint density at radius 2 is 1.71 bits per heavy atom. The molecule has 0 aliphatic heterocycles. The molecule has 0 radical (unpaired) electrons. The van der Waals surface area contributed by atoms with Crippen LogP contribution in [0.15, 0.2) is 29.2 Å². The lowest BCUT2D eigenvalue weighted by molar-refractivity contribution is -0.151. The predicted octanol–water partition coefficient (Wildman–Crippen LogP) is 1.25. The van der Waals surface area contributed by atoms with E-state index in [4.69, 9.17) is 4.74 Å². The van der Waals surface area contributed by atoms with Crippen LogP contribution in [0, 0.1) is 5.92 Å². The molecule has 0 saturated heterocycles. The van der Waals surface area contributed by atoms with Gasteiger partial charge in [0.2, 0.25) is 10.0 Å². The molecule has 0 unspecified atom stereocenters. The smallest absolute Gasteiger partial charge is 0.329 e.